The molecule has 0 fully saturated rings. The van der Waals surface area contributed by atoms with Gasteiger partial charge in [0.2, 0.25) is 0 Å². The van der Waals surface area contributed by atoms with Gasteiger partial charge in [0.05, 0.1) is 12.2 Å². The maximum atomic E-state index is 11.0. The van der Waals surface area contributed by atoms with Crippen LogP contribution < -0.4 is 4.74 Å². The first-order valence-corrected chi connectivity index (χ1v) is 19.8. The molecule has 2 aromatic rings. The highest BCUT2D eigenvalue weighted by Gasteiger charge is 2.28. The molecule has 1 N–H and O–H groups in total. The molecule has 0 aliphatic rings. The van der Waals surface area contributed by atoms with Crippen molar-refractivity contribution < 1.29 is 18.8 Å². The molecule has 2 rings (SSSR count). The summed E-state index contributed by atoms with van der Waals surface area (Å²) in [6.07, 6.45) is 11.7. The van der Waals surface area contributed by atoms with Crippen molar-refractivity contribution >= 4 is 22.6 Å². The largest absolute Gasteiger partial charge is 0.494 e. The number of rotatable bonds is 17. The number of hydrogen-bond donors (Lipinski definition) is 1. The summed E-state index contributed by atoms with van der Waals surface area (Å²) in [6.45, 7) is 12.4. The number of aromatic carboxylic acids is 1. The molecule has 0 aromatic heterocycles. The maximum absolute atomic E-state index is 11.0. The molecule has 194 valence electrons. The molecule has 35 heavy (non-hydrogen) atoms. The van der Waals surface area contributed by atoms with Gasteiger partial charge in [-0.1, -0.05) is 75.6 Å². The lowest BCUT2D eigenvalue weighted by molar-refractivity contribution is 0.0697. The van der Waals surface area contributed by atoms with Crippen LogP contribution in [0.25, 0.3) is 11.1 Å². The summed E-state index contributed by atoms with van der Waals surface area (Å²) in [6, 6.07) is 16.3. The lowest BCUT2D eigenvalue weighted by Crippen LogP contribution is -2.42. The van der Waals surface area contributed by atoms with E-state index >= 15 is 0 Å². The van der Waals surface area contributed by atoms with Gasteiger partial charge >= 0.3 is 5.97 Å². The fourth-order valence-corrected chi connectivity index (χ4v) is 12.6. The van der Waals surface area contributed by atoms with E-state index in [0.717, 1.165) is 29.9 Å². The van der Waals surface area contributed by atoms with Crippen LogP contribution in [0.1, 0.15) is 68.1 Å². The van der Waals surface area contributed by atoms with Crippen LogP contribution in [0.4, 0.5) is 0 Å². The Morgan fingerprint density at radius 1 is 0.686 bits per heavy atom. The van der Waals surface area contributed by atoms with Gasteiger partial charge in [0, 0.05) is 0 Å². The lowest BCUT2D eigenvalue weighted by atomic mass is 10.0. The van der Waals surface area contributed by atoms with E-state index in [1.807, 2.05) is 36.4 Å². The van der Waals surface area contributed by atoms with Crippen molar-refractivity contribution in [2.24, 2.45) is 0 Å². The summed E-state index contributed by atoms with van der Waals surface area (Å²) in [7, 11) is -2.84. The van der Waals surface area contributed by atoms with Gasteiger partial charge < -0.3 is 14.0 Å². The molecule has 0 spiro atoms. The highest BCUT2D eigenvalue weighted by molar-refractivity contribution is 6.84. The molecule has 0 atom stereocenters. The van der Waals surface area contributed by atoms with Gasteiger partial charge in [0.1, 0.15) is 5.75 Å². The van der Waals surface area contributed by atoms with Crippen molar-refractivity contribution in [1.29, 1.82) is 0 Å². The number of benzene rings is 2. The molecule has 0 aliphatic heterocycles. The van der Waals surface area contributed by atoms with Crippen molar-refractivity contribution in [3.05, 3.63) is 54.1 Å². The summed E-state index contributed by atoms with van der Waals surface area (Å²) in [4.78, 5) is 11.0. The Morgan fingerprint density at radius 3 is 1.63 bits per heavy atom. The Kier molecular flexibility index (Phi) is 12.2. The Hall–Kier alpha value is -1.90. The number of carboxylic acid groups (broad SMARTS) is 1. The van der Waals surface area contributed by atoms with Gasteiger partial charge in [-0.3, -0.25) is 0 Å². The average molecular weight is 515 g/mol. The second kappa shape index (κ2) is 14.6. The molecule has 0 bridgehead atoms. The fourth-order valence-electron chi connectivity index (χ4n) is 4.51. The zero-order valence-electron chi connectivity index (χ0n) is 22.6. The van der Waals surface area contributed by atoms with Gasteiger partial charge in [-0.05, 0) is 80.6 Å². The highest BCUT2D eigenvalue weighted by atomic mass is 28.4. The van der Waals surface area contributed by atoms with Crippen LogP contribution >= 0.6 is 0 Å². The highest BCUT2D eigenvalue weighted by Crippen LogP contribution is 2.24. The summed E-state index contributed by atoms with van der Waals surface area (Å²) >= 11 is 0. The van der Waals surface area contributed by atoms with E-state index in [4.69, 9.17) is 14.0 Å². The molecule has 0 aliphatic carbocycles. The third kappa shape index (κ3) is 12.6. The van der Waals surface area contributed by atoms with Gasteiger partial charge in [-0.2, -0.15) is 0 Å². The van der Waals surface area contributed by atoms with Crippen molar-refractivity contribution in [3.63, 3.8) is 0 Å². The second-order valence-electron chi connectivity index (χ2n) is 11.2. The zero-order chi connectivity index (χ0) is 25.7. The average Bonchev–Trinajstić information content (AvgIpc) is 2.78. The van der Waals surface area contributed by atoms with Crippen molar-refractivity contribution in [2.75, 3.05) is 6.61 Å². The first-order chi connectivity index (χ1) is 16.6. The zero-order valence-corrected chi connectivity index (χ0v) is 24.6. The fraction of sp³-hybridized carbons (Fsp3) is 0.552. The molecule has 0 radical (unpaired) electrons. The smallest absolute Gasteiger partial charge is 0.335 e. The minimum Gasteiger partial charge on any atom is -0.494 e. The molecule has 0 heterocycles. The Bertz CT molecular complexity index is 871. The number of ether oxygens (including phenoxy) is 1. The summed E-state index contributed by atoms with van der Waals surface area (Å²) in [5, 5.41) is 9.02. The van der Waals surface area contributed by atoms with E-state index in [-0.39, 0.29) is 0 Å². The summed E-state index contributed by atoms with van der Waals surface area (Å²) in [5.41, 5.74) is 2.36. The minimum absolute atomic E-state index is 0.304. The van der Waals surface area contributed by atoms with Crippen LogP contribution in [-0.4, -0.2) is 34.3 Å². The lowest BCUT2D eigenvalue weighted by Gasteiger charge is -2.31. The number of carboxylic acids is 1. The Labute approximate surface area is 215 Å². The Balaban J connectivity index is 1.48. The first kappa shape index (κ1) is 29.3. The van der Waals surface area contributed by atoms with E-state index < -0.39 is 22.6 Å². The predicted molar refractivity (Wildman–Crippen MR) is 153 cm³/mol. The molecule has 6 heteroatoms. The van der Waals surface area contributed by atoms with Crippen molar-refractivity contribution in [2.45, 2.75) is 96.6 Å². The van der Waals surface area contributed by atoms with Gasteiger partial charge in [0.25, 0.3) is 0 Å². The van der Waals surface area contributed by atoms with Gasteiger partial charge in [-0.25, -0.2) is 4.79 Å². The van der Waals surface area contributed by atoms with E-state index in [2.05, 4.69) is 32.7 Å². The molecule has 2 aromatic carbocycles. The summed E-state index contributed by atoms with van der Waals surface area (Å²) < 4.78 is 12.3. The maximum Gasteiger partial charge on any atom is 0.335 e. The quantitative estimate of drug-likeness (QED) is 0.169. The molecular formula is C29H46O4Si2. The van der Waals surface area contributed by atoms with Gasteiger partial charge in [-0.15, -0.1) is 0 Å². The second-order valence-corrected chi connectivity index (χ2v) is 20.2. The van der Waals surface area contributed by atoms with Crippen LogP contribution in [0, 0.1) is 0 Å². The van der Waals surface area contributed by atoms with E-state index in [9.17, 15) is 4.79 Å². The standard InChI is InChI=1S/C29H46O4Si2/c1-34(2,3)33-35(4,5)24-14-12-10-8-6-7-9-11-13-23-32-28-21-19-26(20-22-28)25-15-17-27(18-16-25)29(30)31/h15-22H,6-14,23-24H2,1-5H3,(H,30,31). The monoisotopic (exact) mass is 514 g/mol. The van der Waals surface area contributed by atoms with Crippen LogP contribution in [-0.2, 0) is 4.12 Å². The van der Waals surface area contributed by atoms with E-state index in [1.165, 1.54) is 57.4 Å². The van der Waals surface area contributed by atoms with Crippen LogP contribution in [0.5, 0.6) is 5.75 Å². The Morgan fingerprint density at radius 2 is 1.14 bits per heavy atom. The number of unbranched alkanes of at least 4 members (excludes halogenated alkanes) is 8. The van der Waals surface area contributed by atoms with E-state index in [0.29, 0.717) is 5.56 Å². The topological polar surface area (TPSA) is 55.8 Å². The molecule has 0 unspecified atom stereocenters. The van der Waals surface area contributed by atoms with E-state index in [1.54, 1.807) is 12.1 Å². The molecule has 4 nitrogen and oxygen atoms in total. The summed E-state index contributed by atoms with van der Waals surface area (Å²) in [5.74, 6) is -0.0161. The molecular weight excluding hydrogens is 468 g/mol. The van der Waals surface area contributed by atoms with Crippen LogP contribution in [0.15, 0.2) is 48.5 Å². The van der Waals surface area contributed by atoms with Crippen molar-refractivity contribution in [1.82, 2.24) is 0 Å². The van der Waals surface area contributed by atoms with Crippen LogP contribution in [0.3, 0.4) is 0 Å². The third-order valence-electron chi connectivity index (χ3n) is 6.09. The number of hydrogen-bond acceptors (Lipinski definition) is 3. The van der Waals surface area contributed by atoms with Gasteiger partial charge in [0.15, 0.2) is 16.6 Å². The van der Waals surface area contributed by atoms with Crippen LogP contribution in [0.2, 0.25) is 38.8 Å². The molecule has 0 saturated carbocycles. The first-order valence-electron chi connectivity index (χ1n) is 13.3. The SMILES string of the molecule is C[Si](C)(C)O[Si](C)(C)CCCCCCCCCCCOc1ccc(-c2ccc(C(=O)O)cc2)cc1. The number of carbonyl (C=O) groups is 1. The molecule has 0 amide bonds. The normalized spacial score (nSPS) is 12.0. The third-order valence-corrected chi connectivity index (χ3v) is 12.3. The van der Waals surface area contributed by atoms with Crippen molar-refractivity contribution in [3.8, 4) is 16.9 Å². The predicted octanol–water partition coefficient (Wildman–Crippen LogP) is 9.00. The minimum atomic E-state index is -1.45. The molecule has 0 saturated heterocycles.